The van der Waals surface area contributed by atoms with Crippen LogP contribution in [0.2, 0.25) is 0 Å². The first-order valence-corrected chi connectivity index (χ1v) is 11.1. The van der Waals surface area contributed by atoms with Gasteiger partial charge >= 0.3 is 0 Å². The Balaban J connectivity index is 0.00000145. The number of benzene rings is 3. The second kappa shape index (κ2) is 12.2. The third kappa shape index (κ3) is 7.18. The van der Waals surface area contributed by atoms with Crippen molar-refractivity contribution in [3.63, 3.8) is 0 Å². The second-order valence-corrected chi connectivity index (χ2v) is 7.51. The lowest BCUT2D eigenvalue weighted by atomic mass is 9.87. The summed E-state index contributed by atoms with van der Waals surface area (Å²) in [7, 11) is 0. The molecule has 154 valence electrons. The molecule has 0 amide bonds. The minimum Gasteiger partial charge on any atom is -0.313 e. The van der Waals surface area contributed by atoms with Crippen molar-refractivity contribution in [1.82, 2.24) is 5.32 Å². The fraction of sp³-hybridized carbons (Fsp3) is 0.357. The van der Waals surface area contributed by atoms with Crippen molar-refractivity contribution < 1.29 is 0 Å². The topological polar surface area (TPSA) is 12.0 Å². The molecule has 0 bridgehead atoms. The Morgan fingerprint density at radius 1 is 0.655 bits per heavy atom. The summed E-state index contributed by atoms with van der Waals surface area (Å²) in [5.74, 6) is 0.432. The third-order valence-electron chi connectivity index (χ3n) is 5.33. The molecule has 1 N–H and O–H groups in total. The summed E-state index contributed by atoms with van der Waals surface area (Å²) < 4.78 is 0. The van der Waals surface area contributed by atoms with Crippen molar-refractivity contribution in [2.45, 2.75) is 59.9 Å². The molecular formula is C28H37N. The van der Waals surface area contributed by atoms with E-state index in [-0.39, 0.29) is 0 Å². The van der Waals surface area contributed by atoms with E-state index in [1.54, 1.807) is 0 Å². The average molecular weight is 388 g/mol. The van der Waals surface area contributed by atoms with Crippen molar-refractivity contribution in [3.8, 4) is 0 Å². The lowest BCUT2D eigenvalue weighted by molar-refractivity contribution is 0.611. The minimum atomic E-state index is 0.432. The largest absolute Gasteiger partial charge is 0.313 e. The molecule has 29 heavy (non-hydrogen) atoms. The van der Waals surface area contributed by atoms with Crippen LogP contribution in [0.15, 0.2) is 72.8 Å². The highest BCUT2D eigenvalue weighted by Gasteiger charge is 2.13. The van der Waals surface area contributed by atoms with Gasteiger partial charge in [0.1, 0.15) is 0 Å². The summed E-state index contributed by atoms with van der Waals surface area (Å²) in [6.45, 7) is 12.4. The van der Waals surface area contributed by atoms with E-state index in [1.165, 1.54) is 33.4 Å². The van der Waals surface area contributed by atoms with Crippen LogP contribution in [-0.4, -0.2) is 6.54 Å². The molecule has 0 radical (unpaired) electrons. The predicted molar refractivity (Wildman–Crippen MR) is 128 cm³/mol. The van der Waals surface area contributed by atoms with Gasteiger partial charge in [0.15, 0.2) is 0 Å². The van der Waals surface area contributed by atoms with Crippen LogP contribution >= 0.6 is 0 Å². The molecule has 0 saturated heterocycles. The molecule has 0 fully saturated rings. The summed E-state index contributed by atoms with van der Waals surface area (Å²) in [4.78, 5) is 0. The molecule has 0 aliphatic heterocycles. The SMILES string of the molecule is CC.CCc1ccc(CNCCC(c2ccc(C)cc2)c2ccc(C)cc2)cc1. The number of hydrogen-bond acceptors (Lipinski definition) is 1. The van der Waals surface area contributed by atoms with Crippen LogP contribution < -0.4 is 5.32 Å². The zero-order valence-electron chi connectivity index (χ0n) is 18.8. The van der Waals surface area contributed by atoms with Gasteiger partial charge in [-0.05, 0) is 55.5 Å². The summed E-state index contributed by atoms with van der Waals surface area (Å²) in [6.07, 6.45) is 2.20. The summed E-state index contributed by atoms with van der Waals surface area (Å²) in [5, 5.41) is 3.63. The maximum atomic E-state index is 3.63. The Bertz CT molecular complexity index is 768. The molecule has 0 aliphatic carbocycles. The van der Waals surface area contributed by atoms with Crippen LogP contribution in [0.25, 0.3) is 0 Å². The van der Waals surface area contributed by atoms with E-state index >= 15 is 0 Å². The molecule has 0 aliphatic rings. The van der Waals surface area contributed by atoms with Gasteiger partial charge in [0, 0.05) is 12.5 Å². The maximum Gasteiger partial charge on any atom is 0.0205 e. The fourth-order valence-electron chi connectivity index (χ4n) is 3.50. The van der Waals surface area contributed by atoms with E-state index in [2.05, 4.69) is 98.9 Å². The Morgan fingerprint density at radius 3 is 1.55 bits per heavy atom. The normalized spacial score (nSPS) is 10.6. The summed E-state index contributed by atoms with van der Waals surface area (Å²) in [6, 6.07) is 27.0. The minimum absolute atomic E-state index is 0.432. The Morgan fingerprint density at radius 2 is 1.10 bits per heavy atom. The Labute approximate surface area is 178 Å². The maximum absolute atomic E-state index is 3.63. The van der Waals surface area contributed by atoms with Crippen LogP contribution in [0.3, 0.4) is 0 Å². The van der Waals surface area contributed by atoms with Gasteiger partial charge in [-0.3, -0.25) is 0 Å². The van der Waals surface area contributed by atoms with Gasteiger partial charge in [-0.25, -0.2) is 0 Å². The van der Waals surface area contributed by atoms with Gasteiger partial charge in [-0.2, -0.15) is 0 Å². The third-order valence-corrected chi connectivity index (χ3v) is 5.33. The number of nitrogens with one attached hydrogen (secondary N) is 1. The highest BCUT2D eigenvalue weighted by molar-refractivity contribution is 5.35. The molecule has 0 atom stereocenters. The predicted octanol–water partition coefficient (Wildman–Crippen LogP) is 7.20. The number of aryl methyl sites for hydroxylation is 3. The van der Waals surface area contributed by atoms with Gasteiger partial charge in [-0.1, -0.05) is 105 Å². The van der Waals surface area contributed by atoms with Crippen molar-refractivity contribution in [1.29, 1.82) is 0 Å². The van der Waals surface area contributed by atoms with Crippen molar-refractivity contribution >= 4 is 0 Å². The van der Waals surface area contributed by atoms with Crippen LogP contribution in [0.4, 0.5) is 0 Å². The van der Waals surface area contributed by atoms with E-state index in [9.17, 15) is 0 Å². The molecule has 3 rings (SSSR count). The molecule has 1 heteroatoms. The number of hydrogen-bond donors (Lipinski definition) is 1. The zero-order valence-corrected chi connectivity index (χ0v) is 18.8. The smallest absolute Gasteiger partial charge is 0.0205 e. The molecule has 3 aromatic carbocycles. The van der Waals surface area contributed by atoms with Gasteiger partial charge in [-0.15, -0.1) is 0 Å². The first-order chi connectivity index (χ1) is 14.2. The lowest BCUT2D eigenvalue weighted by Gasteiger charge is -2.19. The van der Waals surface area contributed by atoms with Gasteiger partial charge in [0.05, 0.1) is 0 Å². The molecule has 0 heterocycles. The van der Waals surface area contributed by atoms with E-state index < -0.39 is 0 Å². The van der Waals surface area contributed by atoms with Crippen molar-refractivity contribution in [2.24, 2.45) is 0 Å². The molecule has 0 aromatic heterocycles. The Kier molecular flexibility index (Phi) is 9.67. The fourth-order valence-corrected chi connectivity index (χ4v) is 3.50. The van der Waals surface area contributed by atoms with E-state index in [0.717, 1.165) is 25.9 Å². The van der Waals surface area contributed by atoms with Crippen molar-refractivity contribution in [2.75, 3.05) is 6.54 Å². The molecule has 0 unspecified atom stereocenters. The zero-order chi connectivity index (χ0) is 21.1. The average Bonchev–Trinajstić information content (AvgIpc) is 2.77. The molecule has 3 aromatic rings. The molecular weight excluding hydrogens is 350 g/mol. The Hall–Kier alpha value is -2.38. The molecule has 0 spiro atoms. The van der Waals surface area contributed by atoms with E-state index in [1.807, 2.05) is 13.8 Å². The first kappa shape index (κ1) is 22.9. The van der Waals surface area contributed by atoms with Gasteiger partial charge in [0.25, 0.3) is 0 Å². The highest BCUT2D eigenvalue weighted by atomic mass is 14.8. The van der Waals surface area contributed by atoms with Gasteiger partial charge < -0.3 is 5.32 Å². The van der Waals surface area contributed by atoms with Crippen LogP contribution in [0, 0.1) is 13.8 Å². The second-order valence-electron chi connectivity index (χ2n) is 7.51. The highest BCUT2D eigenvalue weighted by Crippen LogP contribution is 2.28. The monoisotopic (exact) mass is 387 g/mol. The first-order valence-electron chi connectivity index (χ1n) is 11.1. The summed E-state index contributed by atoms with van der Waals surface area (Å²) in [5.41, 5.74) is 8.19. The van der Waals surface area contributed by atoms with Crippen LogP contribution in [0.5, 0.6) is 0 Å². The lowest BCUT2D eigenvalue weighted by Crippen LogP contribution is -2.18. The summed E-state index contributed by atoms with van der Waals surface area (Å²) >= 11 is 0. The van der Waals surface area contributed by atoms with Crippen molar-refractivity contribution in [3.05, 3.63) is 106 Å². The molecule has 1 nitrogen and oxygen atoms in total. The van der Waals surface area contributed by atoms with Crippen LogP contribution in [0.1, 0.15) is 66.5 Å². The quantitative estimate of drug-likeness (QED) is 0.403. The molecule has 0 saturated carbocycles. The van der Waals surface area contributed by atoms with Gasteiger partial charge in [0.2, 0.25) is 0 Å². The standard InChI is InChI=1S/C26H31N.C2H6/c1-4-22-9-11-23(12-10-22)19-27-18-17-26(24-13-5-20(2)6-14-24)25-15-7-21(3)8-16-25;1-2/h5-16,26-27H,4,17-19H2,1-3H3;1-2H3. The van der Waals surface area contributed by atoms with Crippen LogP contribution in [-0.2, 0) is 13.0 Å². The number of rotatable bonds is 8. The van der Waals surface area contributed by atoms with E-state index in [4.69, 9.17) is 0 Å². The van der Waals surface area contributed by atoms with E-state index in [0.29, 0.717) is 5.92 Å².